The Morgan fingerprint density at radius 1 is 1.00 bits per heavy atom. The number of carboxylic acid groups (broad SMARTS) is 1. The van der Waals surface area contributed by atoms with Gasteiger partial charge in [0.1, 0.15) is 23.2 Å². The Kier molecular flexibility index (Phi) is 7.86. The van der Waals surface area contributed by atoms with Gasteiger partial charge in [0.2, 0.25) is 11.7 Å². The summed E-state index contributed by atoms with van der Waals surface area (Å²) in [4.78, 5) is 41.6. The lowest BCUT2D eigenvalue weighted by molar-refractivity contribution is -0.147. The lowest BCUT2D eigenvalue weighted by Crippen LogP contribution is -2.36. The Balaban J connectivity index is 1.47. The Bertz CT molecular complexity index is 1290. The number of pyridine rings is 1. The van der Waals surface area contributed by atoms with E-state index in [4.69, 9.17) is 9.26 Å². The largest absolute Gasteiger partial charge is 0.481 e. The molecule has 2 amide bonds. The van der Waals surface area contributed by atoms with Crippen molar-refractivity contribution in [2.75, 3.05) is 10.6 Å². The van der Waals surface area contributed by atoms with Crippen molar-refractivity contribution in [2.24, 2.45) is 11.8 Å². The topological polar surface area (TPSA) is 144 Å². The number of carbonyl (C=O) groups excluding carboxylic acids is 2. The maximum absolute atomic E-state index is 12.9. The highest BCUT2D eigenvalue weighted by molar-refractivity contribution is 5.96. The van der Waals surface area contributed by atoms with Crippen LogP contribution < -0.4 is 10.6 Å². The quantitative estimate of drug-likeness (QED) is 0.381. The molecule has 2 aromatic heterocycles. The summed E-state index contributed by atoms with van der Waals surface area (Å²) in [7, 11) is 0. The minimum atomic E-state index is -0.942. The van der Waals surface area contributed by atoms with Crippen LogP contribution in [-0.2, 0) is 14.3 Å². The third kappa shape index (κ3) is 5.96. The predicted molar refractivity (Wildman–Crippen MR) is 136 cm³/mol. The molecule has 0 radical (unpaired) electrons. The molecular weight excluding hydrogens is 476 g/mol. The molecule has 0 saturated heterocycles. The van der Waals surface area contributed by atoms with Gasteiger partial charge in [0.25, 0.3) is 0 Å². The zero-order valence-corrected chi connectivity index (χ0v) is 21.0. The van der Waals surface area contributed by atoms with Crippen LogP contribution in [0.4, 0.5) is 16.2 Å². The van der Waals surface area contributed by atoms with Crippen LogP contribution in [0, 0.1) is 25.7 Å². The van der Waals surface area contributed by atoms with Crippen molar-refractivity contribution < 1.29 is 28.8 Å². The Morgan fingerprint density at radius 2 is 1.70 bits per heavy atom. The molecule has 1 saturated carbocycles. The third-order valence-corrected chi connectivity index (χ3v) is 6.64. The fourth-order valence-electron chi connectivity index (χ4n) is 4.56. The number of ether oxygens (including phenoxy) is 1. The Hall–Kier alpha value is -4.21. The van der Waals surface area contributed by atoms with Crippen LogP contribution >= 0.6 is 0 Å². The van der Waals surface area contributed by atoms with Gasteiger partial charge in [-0.25, -0.2) is 9.78 Å². The van der Waals surface area contributed by atoms with Crippen LogP contribution in [0.1, 0.15) is 55.7 Å². The first-order chi connectivity index (χ1) is 17.7. The van der Waals surface area contributed by atoms with E-state index in [9.17, 15) is 19.5 Å². The van der Waals surface area contributed by atoms with Crippen LogP contribution in [0.2, 0.25) is 0 Å². The molecule has 1 aliphatic carbocycles. The smallest absolute Gasteiger partial charge is 0.412 e. The highest BCUT2D eigenvalue weighted by Crippen LogP contribution is 2.33. The summed E-state index contributed by atoms with van der Waals surface area (Å²) in [6, 6.07) is 12.7. The molecule has 0 unspecified atom stereocenters. The van der Waals surface area contributed by atoms with E-state index in [0.717, 1.165) is 18.4 Å². The van der Waals surface area contributed by atoms with Crippen molar-refractivity contribution in [3.63, 3.8) is 0 Å². The number of carbonyl (C=O) groups is 3. The minimum Gasteiger partial charge on any atom is -0.481 e. The standard InChI is InChI=1S/C27H30N4O6/c1-15-21(29-25(32)19-11-7-8-12-20(19)26(33)34)13-14-22(28-15)24-23(16(2)31-37-24)30-27(35)36-17(3)18-9-5-4-6-10-18/h4-6,9-10,13-14,17,19-20H,7-8,11-12H2,1-3H3,(H,29,32)(H,30,35)(H,33,34)/t17-,19+,20+/m1/s1. The maximum atomic E-state index is 12.9. The number of anilines is 2. The highest BCUT2D eigenvalue weighted by atomic mass is 16.6. The maximum Gasteiger partial charge on any atom is 0.412 e. The van der Waals surface area contributed by atoms with Crippen molar-refractivity contribution in [2.45, 2.75) is 52.6 Å². The lowest BCUT2D eigenvalue weighted by atomic mass is 9.78. The van der Waals surface area contributed by atoms with Crippen molar-refractivity contribution >= 4 is 29.3 Å². The van der Waals surface area contributed by atoms with E-state index in [2.05, 4.69) is 20.8 Å². The van der Waals surface area contributed by atoms with Crippen LogP contribution in [0.5, 0.6) is 0 Å². The molecule has 3 N–H and O–H groups in total. The second-order valence-corrected chi connectivity index (χ2v) is 9.21. The van der Waals surface area contributed by atoms with Crippen LogP contribution in [0.25, 0.3) is 11.5 Å². The molecule has 0 spiro atoms. The first-order valence-corrected chi connectivity index (χ1v) is 12.2. The van der Waals surface area contributed by atoms with E-state index < -0.39 is 30.0 Å². The molecule has 194 valence electrons. The summed E-state index contributed by atoms with van der Waals surface area (Å²) in [5.74, 6) is -2.28. The Morgan fingerprint density at radius 3 is 2.38 bits per heavy atom. The highest BCUT2D eigenvalue weighted by Gasteiger charge is 2.36. The third-order valence-electron chi connectivity index (χ3n) is 6.64. The number of aromatic nitrogens is 2. The van der Waals surface area contributed by atoms with Crippen LogP contribution in [-0.4, -0.2) is 33.2 Å². The summed E-state index contributed by atoms with van der Waals surface area (Å²) < 4.78 is 10.9. The van der Waals surface area contributed by atoms with Gasteiger partial charge in [-0.1, -0.05) is 48.3 Å². The van der Waals surface area contributed by atoms with E-state index in [-0.39, 0.29) is 11.7 Å². The number of nitrogens with one attached hydrogen (secondary N) is 2. The number of aliphatic carboxylic acids is 1. The average molecular weight is 507 g/mol. The summed E-state index contributed by atoms with van der Waals surface area (Å²) in [5, 5.41) is 19.0. The molecule has 1 aromatic carbocycles. The molecule has 1 fully saturated rings. The van der Waals surface area contributed by atoms with E-state index >= 15 is 0 Å². The lowest BCUT2D eigenvalue weighted by Gasteiger charge is -2.27. The predicted octanol–water partition coefficient (Wildman–Crippen LogP) is 5.49. The average Bonchev–Trinajstić information content (AvgIpc) is 3.25. The molecule has 10 nitrogen and oxygen atoms in total. The molecule has 3 atom stereocenters. The minimum absolute atomic E-state index is 0.251. The number of nitrogens with zero attached hydrogens (tertiary/aromatic N) is 2. The molecule has 0 bridgehead atoms. The molecule has 37 heavy (non-hydrogen) atoms. The van der Waals surface area contributed by atoms with Gasteiger partial charge in [0.05, 0.1) is 23.2 Å². The van der Waals surface area contributed by atoms with Crippen LogP contribution in [0.15, 0.2) is 47.0 Å². The second kappa shape index (κ2) is 11.2. The van der Waals surface area contributed by atoms with Gasteiger partial charge in [-0.15, -0.1) is 0 Å². The normalized spacial score (nSPS) is 18.0. The monoisotopic (exact) mass is 506 g/mol. The zero-order chi connectivity index (χ0) is 26.5. The van der Waals surface area contributed by atoms with Gasteiger partial charge in [0, 0.05) is 0 Å². The number of rotatable bonds is 7. The first-order valence-electron chi connectivity index (χ1n) is 12.2. The Labute approximate surface area is 214 Å². The van der Waals surface area contributed by atoms with E-state index in [1.807, 2.05) is 30.3 Å². The first kappa shape index (κ1) is 25.9. The van der Waals surface area contributed by atoms with Gasteiger partial charge >= 0.3 is 12.1 Å². The van der Waals surface area contributed by atoms with E-state index in [1.165, 1.54) is 0 Å². The fourth-order valence-corrected chi connectivity index (χ4v) is 4.56. The van der Waals surface area contributed by atoms with Crippen molar-refractivity contribution in [3.05, 3.63) is 59.4 Å². The van der Waals surface area contributed by atoms with E-state index in [1.54, 1.807) is 32.9 Å². The zero-order valence-electron chi connectivity index (χ0n) is 21.0. The summed E-state index contributed by atoms with van der Waals surface area (Å²) in [5.41, 5.74) is 3.04. The molecule has 2 heterocycles. The molecule has 0 aliphatic heterocycles. The number of hydrogen-bond acceptors (Lipinski definition) is 7. The van der Waals surface area contributed by atoms with Gasteiger partial charge in [-0.05, 0) is 51.3 Å². The van der Waals surface area contributed by atoms with Crippen molar-refractivity contribution in [1.29, 1.82) is 0 Å². The molecule has 1 aliphatic rings. The van der Waals surface area contributed by atoms with E-state index in [0.29, 0.717) is 41.3 Å². The number of amides is 2. The SMILES string of the molecule is Cc1nc(-c2onc(C)c2NC(=O)O[C@H](C)c2ccccc2)ccc1NC(=O)[C@H]1CCCC[C@@H]1C(=O)O. The summed E-state index contributed by atoms with van der Waals surface area (Å²) >= 11 is 0. The van der Waals surface area contributed by atoms with Gasteiger partial charge in [-0.3, -0.25) is 14.9 Å². The number of hydrogen-bond donors (Lipinski definition) is 3. The number of benzene rings is 1. The molecule has 4 rings (SSSR count). The van der Waals surface area contributed by atoms with Gasteiger partial charge in [-0.2, -0.15) is 0 Å². The second-order valence-electron chi connectivity index (χ2n) is 9.21. The summed E-state index contributed by atoms with van der Waals surface area (Å²) in [6.45, 7) is 5.19. The number of carboxylic acids is 1. The molecule has 10 heteroatoms. The van der Waals surface area contributed by atoms with Gasteiger partial charge in [0.15, 0.2) is 0 Å². The van der Waals surface area contributed by atoms with Crippen molar-refractivity contribution in [1.82, 2.24) is 10.1 Å². The summed E-state index contributed by atoms with van der Waals surface area (Å²) in [6.07, 6.45) is 1.55. The van der Waals surface area contributed by atoms with Crippen molar-refractivity contribution in [3.8, 4) is 11.5 Å². The number of aryl methyl sites for hydroxylation is 2. The van der Waals surface area contributed by atoms with Gasteiger partial charge < -0.3 is 19.7 Å². The van der Waals surface area contributed by atoms with Crippen LogP contribution in [0.3, 0.4) is 0 Å². The molecule has 3 aromatic rings. The fraction of sp³-hybridized carbons (Fsp3) is 0.370. The molecular formula is C27H30N4O6.